The monoisotopic (exact) mass is 328 g/mol. The molecule has 0 saturated carbocycles. The van der Waals surface area contributed by atoms with Crippen LogP contribution in [0.1, 0.15) is 10.9 Å². The van der Waals surface area contributed by atoms with E-state index in [1.807, 2.05) is 53.4 Å². The Balaban J connectivity index is 1.53. The molecule has 1 N–H and O–H groups in total. The SMILES string of the molecule is O=C(Nc1ccccc1)N1CCS[C@H]1c1ccc2c(c1)OCO2. The molecule has 4 rings (SSSR count). The molecule has 0 aliphatic carbocycles. The first kappa shape index (κ1) is 14.3. The molecule has 0 bridgehead atoms. The molecule has 2 heterocycles. The number of para-hydroxylation sites is 1. The Hall–Kier alpha value is -2.34. The van der Waals surface area contributed by atoms with E-state index in [4.69, 9.17) is 9.47 Å². The van der Waals surface area contributed by atoms with Gasteiger partial charge in [-0.3, -0.25) is 0 Å². The summed E-state index contributed by atoms with van der Waals surface area (Å²) < 4.78 is 10.8. The average Bonchev–Trinajstić information content (AvgIpc) is 3.24. The van der Waals surface area contributed by atoms with Gasteiger partial charge >= 0.3 is 6.03 Å². The third-order valence-electron chi connectivity index (χ3n) is 3.86. The van der Waals surface area contributed by atoms with E-state index >= 15 is 0 Å². The molecular formula is C17H16N2O3S. The number of hydrogen-bond donors (Lipinski definition) is 1. The number of thioether (sulfide) groups is 1. The molecule has 0 aromatic heterocycles. The van der Waals surface area contributed by atoms with Gasteiger partial charge in [0.15, 0.2) is 11.5 Å². The van der Waals surface area contributed by atoms with Gasteiger partial charge in [0.2, 0.25) is 6.79 Å². The molecule has 0 radical (unpaired) electrons. The van der Waals surface area contributed by atoms with Gasteiger partial charge < -0.3 is 19.7 Å². The van der Waals surface area contributed by atoms with Gasteiger partial charge in [-0.2, -0.15) is 0 Å². The van der Waals surface area contributed by atoms with Gasteiger partial charge in [-0.05, 0) is 29.8 Å². The third kappa shape index (κ3) is 2.82. The van der Waals surface area contributed by atoms with E-state index in [1.165, 1.54) is 0 Å². The quantitative estimate of drug-likeness (QED) is 0.913. The first-order valence-electron chi connectivity index (χ1n) is 7.45. The van der Waals surface area contributed by atoms with Crippen molar-refractivity contribution in [2.75, 3.05) is 24.4 Å². The first-order chi connectivity index (χ1) is 11.3. The lowest BCUT2D eigenvalue weighted by Gasteiger charge is -2.24. The second kappa shape index (κ2) is 6.04. The van der Waals surface area contributed by atoms with Crippen molar-refractivity contribution < 1.29 is 14.3 Å². The van der Waals surface area contributed by atoms with Crippen LogP contribution in [0.15, 0.2) is 48.5 Å². The fraction of sp³-hybridized carbons (Fsp3) is 0.235. The number of benzene rings is 2. The molecule has 2 amide bonds. The van der Waals surface area contributed by atoms with Gasteiger partial charge in [-0.1, -0.05) is 24.3 Å². The van der Waals surface area contributed by atoms with E-state index in [2.05, 4.69) is 5.32 Å². The van der Waals surface area contributed by atoms with Gasteiger partial charge in [-0.25, -0.2) is 4.79 Å². The van der Waals surface area contributed by atoms with Crippen molar-refractivity contribution in [3.63, 3.8) is 0 Å². The first-order valence-corrected chi connectivity index (χ1v) is 8.50. The van der Waals surface area contributed by atoms with Crippen LogP contribution in [-0.2, 0) is 0 Å². The molecule has 0 spiro atoms. The minimum absolute atomic E-state index is 0.00628. The predicted molar refractivity (Wildman–Crippen MR) is 89.9 cm³/mol. The Labute approximate surface area is 138 Å². The smallest absolute Gasteiger partial charge is 0.323 e. The predicted octanol–water partition coefficient (Wildman–Crippen LogP) is 3.69. The van der Waals surface area contributed by atoms with E-state index in [1.54, 1.807) is 11.8 Å². The van der Waals surface area contributed by atoms with E-state index < -0.39 is 0 Å². The molecule has 2 aromatic carbocycles. The number of nitrogens with one attached hydrogen (secondary N) is 1. The van der Waals surface area contributed by atoms with E-state index in [9.17, 15) is 4.79 Å². The van der Waals surface area contributed by atoms with Crippen LogP contribution >= 0.6 is 11.8 Å². The number of carbonyl (C=O) groups is 1. The van der Waals surface area contributed by atoms with Gasteiger partial charge in [-0.15, -0.1) is 11.8 Å². The Morgan fingerprint density at radius 3 is 2.83 bits per heavy atom. The van der Waals surface area contributed by atoms with Crippen molar-refractivity contribution in [2.45, 2.75) is 5.37 Å². The van der Waals surface area contributed by atoms with Gasteiger partial charge in [0.1, 0.15) is 5.37 Å². The molecule has 118 valence electrons. The molecule has 0 unspecified atom stereocenters. The summed E-state index contributed by atoms with van der Waals surface area (Å²) in [6.07, 6.45) is 0. The molecule has 2 aromatic rings. The molecule has 1 fully saturated rings. The third-order valence-corrected chi connectivity index (χ3v) is 5.12. The highest BCUT2D eigenvalue weighted by atomic mass is 32.2. The van der Waals surface area contributed by atoms with Crippen molar-refractivity contribution in [1.29, 1.82) is 0 Å². The molecule has 1 saturated heterocycles. The Kier molecular flexibility index (Phi) is 3.75. The zero-order valence-electron chi connectivity index (χ0n) is 12.4. The number of hydrogen-bond acceptors (Lipinski definition) is 4. The van der Waals surface area contributed by atoms with Crippen LogP contribution in [0.25, 0.3) is 0 Å². The number of rotatable bonds is 2. The number of ether oxygens (including phenoxy) is 2. The van der Waals surface area contributed by atoms with E-state index in [0.29, 0.717) is 0 Å². The van der Waals surface area contributed by atoms with Crippen LogP contribution < -0.4 is 14.8 Å². The topological polar surface area (TPSA) is 50.8 Å². The Bertz CT molecular complexity index is 723. The summed E-state index contributed by atoms with van der Waals surface area (Å²) in [6, 6.07) is 15.3. The summed E-state index contributed by atoms with van der Waals surface area (Å²) in [5.74, 6) is 2.43. The van der Waals surface area contributed by atoms with E-state index in [-0.39, 0.29) is 18.2 Å². The normalized spacial score (nSPS) is 19.0. The Morgan fingerprint density at radius 2 is 1.96 bits per heavy atom. The molecule has 6 heteroatoms. The zero-order valence-corrected chi connectivity index (χ0v) is 13.2. The molecule has 5 nitrogen and oxygen atoms in total. The van der Waals surface area contributed by atoms with Crippen LogP contribution in [0, 0.1) is 0 Å². The second-order valence-electron chi connectivity index (χ2n) is 5.33. The summed E-state index contributed by atoms with van der Waals surface area (Å²) in [4.78, 5) is 14.4. The summed E-state index contributed by atoms with van der Waals surface area (Å²) in [7, 11) is 0. The van der Waals surface area contributed by atoms with Crippen molar-refractivity contribution in [3.8, 4) is 11.5 Å². The van der Waals surface area contributed by atoms with Gasteiger partial charge in [0.05, 0.1) is 0 Å². The van der Waals surface area contributed by atoms with Crippen LogP contribution in [0.4, 0.5) is 10.5 Å². The fourth-order valence-electron chi connectivity index (χ4n) is 2.74. The lowest BCUT2D eigenvalue weighted by atomic mass is 10.2. The van der Waals surface area contributed by atoms with Crippen molar-refractivity contribution in [3.05, 3.63) is 54.1 Å². The molecule has 2 aliphatic heterocycles. The van der Waals surface area contributed by atoms with Crippen molar-refractivity contribution in [1.82, 2.24) is 4.90 Å². The number of anilines is 1. The zero-order chi connectivity index (χ0) is 15.6. The number of urea groups is 1. The number of nitrogens with zero attached hydrogens (tertiary/aromatic N) is 1. The minimum Gasteiger partial charge on any atom is -0.454 e. The summed E-state index contributed by atoms with van der Waals surface area (Å²) in [5.41, 5.74) is 1.86. The highest BCUT2D eigenvalue weighted by Gasteiger charge is 2.31. The molecule has 2 aliphatic rings. The van der Waals surface area contributed by atoms with Crippen LogP contribution in [0.2, 0.25) is 0 Å². The second-order valence-corrected chi connectivity index (χ2v) is 6.51. The lowest BCUT2D eigenvalue weighted by molar-refractivity contribution is 0.174. The summed E-state index contributed by atoms with van der Waals surface area (Å²) in [5, 5.41) is 2.95. The van der Waals surface area contributed by atoms with E-state index in [0.717, 1.165) is 35.0 Å². The molecule has 1 atom stereocenters. The summed E-state index contributed by atoms with van der Waals surface area (Å²) in [6.45, 7) is 0.983. The maximum atomic E-state index is 12.6. The highest BCUT2D eigenvalue weighted by molar-refractivity contribution is 7.99. The number of carbonyl (C=O) groups excluding carboxylic acids is 1. The number of fused-ring (bicyclic) bond motifs is 1. The highest BCUT2D eigenvalue weighted by Crippen LogP contribution is 2.42. The Morgan fingerprint density at radius 1 is 1.13 bits per heavy atom. The molecular weight excluding hydrogens is 312 g/mol. The largest absolute Gasteiger partial charge is 0.454 e. The van der Waals surface area contributed by atoms with Crippen LogP contribution in [-0.4, -0.2) is 30.0 Å². The standard InChI is InChI=1S/C17H16N2O3S/c20-17(18-13-4-2-1-3-5-13)19-8-9-23-16(19)12-6-7-14-15(10-12)22-11-21-14/h1-7,10,16H,8-9,11H2,(H,18,20)/t16-/m0/s1. The lowest BCUT2D eigenvalue weighted by Crippen LogP contribution is -2.34. The van der Waals surface area contributed by atoms with Crippen molar-refractivity contribution >= 4 is 23.5 Å². The number of amides is 2. The van der Waals surface area contributed by atoms with Crippen LogP contribution in [0.3, 0.4) is 0 Å². The fourth-order valence-corrected chi connectivity index (χ4v) is 3.98. The van der Waals surface area contributed by atoms with Gasteiger partial charge in [0.25, 0.3) is 0 Å². The molecule has 23 heavy (non-hydrogen) atoms. The maximum Gasteiger partial charge on any atom is 0.323 e. The van der Waals surface area contributed by atoms with Crippen LogP contribution in [0.5, 0.6) is 11.5 Å². The maximum absolute atomic E-state index is 12.6. The minimum atomic E-state index is -0.0798. The van der Waals surface area contributed by atoms with Gasteiger partial charge in [0, 0.05) is 18.0 Å². The van der Waals surface area contributed by atoms with Crippen molar-refractivity contribution in [2.24, 2.45) is 0 Å². The average molecular weight is 328 g/mol. The summed E-state index contributed by atoms with van der Waals surface area (Å²) >= 11 is 1.76.